The molecule has 1 saturated carbocycles. The van der Waals surface area contributed by atoms with Crippen LogP contribution in [0, 0.1) is 0 Å². The van der Waals surface area contributed by atoms with Crippen molar-refractivity contribution in [3.8, 4) is 11.3 Å². The van der Waals surface area contributed by atoms with Gasteiger partial charge in [-0.15, -0.1) is 0 Å². The zero-order valence-corrected chi connectivity index (χ0v) is 20.6. The highest BCUT2D eigenvalue weighted by atomic mass is 16.5. The van der Waals surface area contributed by atoms with Gasteiger partial charge in [-0.3, -0.25) is 0 Å². The Hall–Kier alpha value is -2.81. The molecule has 0 unspecified atom stereocenters. The number of nitrogens with one attached hydrogen (secondary N) is 1. The SMILES string of the molecule is C[C@H]1COCCN1c1nc(N2CCOC[C@@H]2C)c2ccc(-c3cccc(CNC4CC4)c3)nc2n1. The van der Waals surface area contributed by atoms with E-state index in [1.165, 1.54) is 18.4 Å². The Morgan fingerprint density at radius 2 is 1.69 bits per heavy atom. The smallest absolute Gasteiger partial charge is 0.229 e. The highest BCUT2D eigenvalue weighted by Crippen LogP contribution is 2.31. The first-order valence-electron chi connectivity index (χ1n) is 12.9. The Morgan fingerprint density at radius 3 is 2.43 bits per heavy atom. The summed E-state index contributed by atoms with van der Waals surface area (Å²) in [6.07, 6.45) is 2.58. The Bertz CT molecular complexity index is 1200. The first kappa shape index (κ1) is 22.6. The molecule has 8 heteroatoms. The van der Waals surface area contributed by atoms with E-state index < -0.39 is 0 Å². The summed E-state index contributed by atoms with van der Waals surface area (Å²) in [6.45, 7) is 9.59. The number of aromatic nitrogens is 3. The van der Waals surface area contributed by atoms with Gasteiger partial charge in [0, 0.05) is 31.2 Å². The number of ether oxygens (including phenoxy) is 2. The van der Waals surface area contributed by atoms with Crippen molar-refractivity contribution in [1.82, 2.24) is 20.3 Å². The first-order valence-corrected chi connectivity index (χ1v) is 12.9. The Kier molecular flexibility index (Phi) is 6.26. The zero-order valence-electron chi connectivity index (χ0n) is 20.6. The summed E-state index contributed by atoms with van der Waals surface area (Å²) in [7, 11) is 0. The average Bonchev–Trinajstić information content (AvgIpc) is 3.72. The third kappa shape index (κ3) is 4.83. The molecule has 3 fully saturated rings. The molecule has 35 heavy (non-hydrogen) atoms. The number of morpholine rings is 2. The topological polar surface area (TPSA) is 75.6 Å². The summed E-state index contributed by atoms with van der Waals surface area (Å²) in [4.78, 5) is 19.7. The van der Waals surface area contributed by atoms with E-state index in [2.05, 4.69) is 65.4 Å². The van der Waals surface area contributed by atoms with Crippen LogP contribution in [-0.4, -0.2) is 72.6 Å². The van der Waals surface area contributed by atoms with E-state index in [-0.39, 0.29) is 12.1 Å². The number of nitrogens with zero attached hydrogens (tertiary/aromatic N) is 5. The van der Waals surface area contributed by atoms with E-state index in [1.807, 2.05) is 0 Å². The molecule has 0 amide bonds. The van der Waals surface area contributed by atoms with Crippen LogP contribution in [0.25, 0.3) is 22.3 Å². The molecule has 0 radical (unpaired) electrons. The number of benzene rings is 1. The molecular formula is C27H34N6O2. The molecule has 2 aromatic heterocycles. The highest BCUT2D eigenvalue weighted by Gasteiger charge is 2.27. The minimum atomic E-state index is 0.218. The van der Waals surface area contributed by atoms with Crippen molar-refractivity contribution in [2.24, 2.45) is 0 Å². The summed E-state index contributed by atoms with van der Waals surface area (Å²) in [6, 6.07) is 14.1. The molecule has 0 spiro atoms. The van der Waals surface area contributed by atoms with Gasteiger partial charge < -0.3 is 24.6 Å². The summed E-state index contributed by atoms with van der Waals surface area (Å²) in [5, 5.41) is 4.59. The van der Waals surface area contributed by atoms with Crippen LogP contribution in [0.2, 0.25) is 0 Å². The van der Waals surface area contributed by atoms with E-state index in [9.17, 15) is 0 Å². The summed E-state index contributed by atoms with van der Waals surface area (Å²) in [5.74, 6) is 1.68. The van der Waals surface area contributed by atoms with E-state index in [1.54, 1.807) is 0 Å². The minimum Gasteiger partial charge on any atom is -0.377 e. The largest absolute Gasteiger partial charge is 0.377 e. The molecule has 1 N–H and O–H groups in total. The molecule has 3 aliphatic rings. The predicted molar refractivity (Wildman–Crippen MR) is 138 cm³/mol. The molecule has 4 heterocycles. The average molecular weight is 475 g/mol. The van der Waals surface area contributed by atoms with Crippen LogP contribution in [0.15, 0.2) is 36.4 Å². The van der Waals surface area contributed by atoms with Crippen molar-refractivity contribution in [3.63, 3.8) is 0 Å². The maximum Gasteiger partial charge on any atom is 0.229 e. The summed E-state index contributed by atoms with van der Waals surface area (Å²) >= 11 is 0. The van der Waals surface area contributed by atoms with Gasteiger partial charge >= 0.3 is 0 Å². The number of hydrogen-bond donors (Lipinski definition) is 1. The lowest BCUT2D eigenvalue weighted by Gasteiger charge is -2.37. The number of rotatable bonds is 6. The van der Waals surface area contributed by atoms with Gasteiger partial charge in [-0.25, -0.2) is 4.98 Å². The van der Waals surface area contributed by atoms with E-state index in [0.29, 0.717) is 32.5 Å². The molecule has 3 aromatic rings. The zero-order chi connectivity index (χ0) is 23.8. The molecule has 6 rings (SSSR count). The number of pyridine rings is 1. The second-order valence-electron chi connectivity index (χ2n) is 10.0. The van der Waals surface area contributed by atoms with Gasteiger partial charge in [0.2, 0.25) is 5.95 Å². The number of anilines is 2. The monoisotopic (exact) mass is 474 g/mol. The van der Waals surface area contributed by atoms with Gasteiger partial charge in [-0.1, -0.05) is 18.2 Å². The maximum absolute atomic E-state index is 5.70. The van der Waals surface area contributed by atoms with Gasteiger partial charge in [-0.05, 0) is 50.5 Å². The molecule has 0 bridgehead atoms. The molecule has 2 atom stereocenters. The predicted octanol–water partition coefficient (Wildman–Crippen LogP) is 3.39. The lowest BCUT2D eigenvalue weighted by atomic mass is 10.1. The maximum atomic E-state index is 5.70. The molecule has 2 aliphatic heterocycles. The van der Waals surface area contributed by atoms with Crippen LogP contribution < -0.4 is 15.1 Å². The van der Waals surface area contributed by atoms with E-state index in [4.69, 9.17) is 24.4 Å². The number of fused-ring (bicyclic) bond motifs is 1. The molecule has 184 valence electrons. The fourth-order valence-electron chi connectivity index (χ4n) is 4.95. The van der Waals surface area contributed by atoms with Gasteiger partial charge in [0.25, 0.3) is 0 Å². The second-order valence-corrected chi connectivity index (χ2v) is 10.0. The molecule has 1 aliphatic carbocycles. The second kappa shape index (κ2) is 9.68. The summed E-state index contributed by atoms with van der Waals surface area (Å²) < 4.78 is 11.4. The van der Waals surface area contributed by atoms with Crippen LogP contribution in [0.1, 0.15) is 32.3 Å². The third-order valence-electron chi connectivity index (χ3n) is 7.19. The molecule has 2 saturated heterocycles. The first-order chi connectivity index (χ1) is 17.2. The van der Waals surface area contributed by atoms with Crippen LogP contribution in [0.4, 0.5) is 11.8 Å². The number of hydrogen-bond acceptors (Lipinski definition) is 8. The minimum absolute atomic E-state index is 0.218. The van der Waals surface area contributed by atoms with Gasteiger partial charge in [0.05, 0.1) is 49.6 Å². The summed E-state index contributed by atoms with van der Waals surface area (Å²) in [5.41, 5.74) is 4.07. The standard InChI is InChI=1S/C27H34N6O2/c1-18-16-34-12-10-32(18)26-23-8-9-24(21-5-3-4-20(14-21)15-28-22-6-7-22)29-25(23)30-27(31-26)33-11-13-35-17-19(33)2/h3-5,8-9,14,18-19,22,28H,6-7,10-13,15-17H2,1-2H3/t18-,19-/m0/s1. The van der Waals surface area contributed by atoms with Gasteiger partial charge in [0.1, 0.15) is 5.82 Å². The quantitative estimate of drug-likeness (QED) is 0.583. The lowest BCUT2D eigenvalue weighted by molar-refractivity contribution is 0.0973. The van der Waals surface area contributed by atoms with Crippen molar-refractivity contribution in [3.05, 3.63) is 42.0 Å². The fourth-order valence-corrected chi connectivity index (χ4v) is 4.95. The van der Waals surface area contributed by atoms with Crippen LogP contribution >= 0.6 is 0 Å². The third-order valence-corrected chi connectivity index (χ3v) is 7.19. The van der Waals surface area contributed by atoms with E-state index >= 15 is 0 Å². The Labute approximate surface area is 206 Å². The van der Waals surface area contributed by atoms with Crippen molar-refractivity contribution < 1.29 is 9.47 Å². The Morgan fingerprint density at radius 1 is 0.914 bits per heavy atom. The van der Waals surface area contributed by atoms with Crippen molar-refractivity contribution in [2.75, 3.05) is 49.3 Å². The Balaban J connectivity index is 1.40. The highest BCUT2D eigenvalue weighted by molar-refractivity contribution is 5.90. The van der Waals surface area contributed by atoms with Gasteiger partial charge in [-0.2, -0.15) is 9.97 Å². The lowest BCUT2D eigenvalue weighted by Crippen LogP contribution is -2.46. The van der Waals surface area contributed by atoms with Crippen LogP contribution in [0.3, 0.4) is 0 Å². The molecule has 8 nitrogen and oxygen atoms in total. The van der Waals surface area contributed by atoms with E-state index in [0.717, 1.165) is 53.7 Å². The molecule has 1 aromatic carbocycles. The normalized spacial score (nSPS) is 23.1. The van der Waals surface area contributed by atoms with Crippen molar-refractivity contribution in [2.45, 2.75) is 51.4 Å². The van der Waals surface area contributed by atoms with Crippen LogP contribution in [-0.2, 0) is 16.0 Å². The fraction of sp³-hybridized carbons (Fsp3) is 0.519. The van der Waals surface area contributed by atoms with Crippen molar-refractivity contribution in [1.29, 1.82) is 0 Å². The molecular weight excluding hydrogens is 440 g/mol. The van der Waals surface area contributed by atoms with Gasteiger partial charge in [0.15, 0.2) is 5.65 Å². The van der Waals surface area contributed by atoms with Crippen LogP contribution in [0.5, 0.6) is 0 Å². The van der Waals surface area contributed by atoms with Crippen molar-refractivity contribution >= 4 is 22.8 Å².